The van der Waals surface area contributed by atoms with Crippen molar-refractivity contribution >= 4 is 11.9 Å². The Morgan fingerprint density at radius 2 is 1.18 bits per heavy atom. The molecule has 126 valence electrons. The first-order valence-electron chi connectivity index (χ1n) is 8.48. The van der Waals surface area contributed by atoms with Gasteiger partial charge in [-0.05, 0) is 50.4 Å². The van der Waals surface area contributed by atoms with E-state index in [0.717, 1.165) is 25.7 Å². The molecule has 0 N–H and O–H groups in total. The summed E-state index contributed by atoms with van der Waals surface area (Å²) in [7, 11) is 0. The Bertz CT molecular complexity index is 369. The SMILES string of the molecule is CC(C)CCOC(=O)C1=C(C(=O)OCCC(C)C)CCCC1. The molecule has 4 heteroatoms. The summed E-state index contributed by atoms with van der Waals surface area (Å²) in [5.74, 6) is 0.314. The molecule has 1 aliphatic rings. The summed E-state index contributed by atoms with van der Waals surface area (Å²) >= 11 is 0. The van der Waals surface area contributed by atoms with Crippen LogP contribution in [0.5, 0.6) is 0 Å². The fourth-order valence-electron chi connectivity index (χ4n) is 2.30. The third-order valence-electron chi connectivity index (χ3n) is 3.82. The van der Waals surface area contributed by atoms with Crippen molar-refractivity contribution in [2.45, 2.75) is 66.2 Å². The van der Waals surface area contributed by atoms with Gasteiger partial charge < -0.3 is 9.47 Å². The monoisotopic (exact) mass is 310 g/mol. The molecule has 4 nitrogen and oxygen atoms in total. The standard InChI is InChI=1S/C18H30O4/c1-13(2)9-11-21-17(19)15-7-5-6-8-16(15)18(20)22-12-10-14(3)4/h13-14H,5-12H2,1-4H3. The van der Waals surface area contributed by atoms with Gasteiger partial charge in [-0.2, -0.15) is 0 Å². The normalized spacial score (nSPS) is 15.4. The molecule has 0 spiro atoms. The highest BCUT2D eigenvalue weighted by Gasteiger charge is 2.25. The zero-order chi connectivity index (χ0) is 16.5. The van der Waals surface area contributed by atoms with Crippen molar-refractivity contribution in [1.29, 1.82) is 0 Å². The zero-order valence-electron chi connectivity index (χ0n) is 14.4. The van der Waals surface area contributed by atoms with Crippen LogP contribution in [0.3, 0.4) is 0 Å². The van der Waals surface area contributed by atoms with Gasteiger partial charge in [-0.15, -0.1) is 0 Å². The molecule has 0 bridgehead atoms. The average molecular weight is 310 g/mol. The van der Waals surface area contributed by atoms with E-state index in [1.54, 1.807) is 0 Å². The number of hydrogen-bond acceptors (Lipinski definition) is 4. The Kier molecular flexibility index (Phi) is 8.21. The van der Waals surface area contributed by atoms with Gasteiger partial charge in [0, 0.05) is 11.1 Å². The van der Waals surface area contributed by atoms with Gasteiger partial charge in [0.1, 0.15) is 0 Å². The third kappa shape index (κ3) is 6.63. The second-order valence-electron chi connectivity index (χ2n) is 6.80. The largest absolute Gasteiger partial charge is 0.462 e. The molecule has 22 heavy (non-hydrogen) atoms. The van der Waals surface area contributed by atoms with Gasteiger partial charge in [-0.25, -0.2) is 9.59 Å². The average Bonchev–Trinajstić information content (AvgIpc) is 2.46. The van der Waals surface area contributed by atoms with Crippen LogP contribution in [0.25, 0.3) is 0 Å². The minimum Gasteiger partial charge on any atom is -0.462 e. The quantitative estimate of drug-likeness (QED) is 0.635. The van der Waals surface area contributed by atoms with Gasteiger partial charge in [0.2, 0.25) is 0 Å². The lowest BCUT2D eigenvalue weighted by Gasteiger charge is -2.19. The van der Waals surface area contributed by atoms with Crippen LogP contribution >= 0.6 is 0 Å². The predicted octanol–water partition coefficient (Wildman–Crippen LogP) is 4.04. The zero-order valence-corrected chi connectivity index (χ0v) is 14.4. The number of carbonyl (C=O) groups excluding carboxylic acids is 2. The van der Waals surface area contributed by atoms with Crippen molar-refractivity contribution in [2.24, 2.45) is 11.8 Å². The lowest BCUT2D eigenvalue weighted by molar-refractivity contribution is -0.143. The van der Waals surface area contributed by atoms with Crippen LogP contribution in [0, 0.1) is 11.8 Å². The molecule has 0 aliphatic heterocycles. The van der Waals surface area contributed by atoms with E-state index < -0.39 is 0 Å². The van der Waals surface area contributed by atoms with E-state index in [0.29, 0.717) is 49.0 Å². The fourth-order valence-corrected chi connectivity index (χ4v) is 2.30. The second-order valence-corrected chi connectivity index (χ2v) is 6.80. The van der Waals surface area contributed by atoms with Crippen molar-refractivity contribution in [2.75, 3.05) is 13.2 Å². The summed E-state index contributed by atoms with van der Waals surface area (Å²) < 4.78 is 10.6. The predicted molar refractivity (Wildman–Crippen MR) is 86.3 cm³/mol. The van der Waals surface area contributed by atoms with E-state index >= 15 is 0 Å². The van der Waals surface area contributed by atoms with Crippen molar-refractivity contribution < 1.29 is 19.1 Å². The molecule has 1 aliphatic carbocycles. The van der Waals surface area contributed by atoms with E-state index in [-0.39, 0.29) is 11.9 Å². The molecule has 0 atom stereocenters. The Morgan fingerprint density at radius 3 is 1.50 bits per heavy atom. The van der Waals surface area contributed by atoms with E-state index in [1.807, 2.05) is 0 Å². The summed E-state index contributed by atoms with van der Waals surface area (Å²) in [6.45, 7) is 9.18. The lowest BCUT2D eigenvalue weighted by atomic mass is 9.91. The lowest BCUT2D eigenvalue weighted by Crippen LogP contribution is -2.20. The second kappa shape index (κ2) is 9.65. The number of carbonyl (C=O) groups is 2. The summed E-state index contributed by atoms with van der Waals surface area (Å²) in [6, 6.07) is 0. The van der Waals surface area contributed by atoms with Gasteiger partial charge in [-0.1, -0.05) is 27.7 Å². The van der Waals surface area contributed by atoms with Crippen LogP contribution in [0.2, 0.25) is 0 Å². The summed E-state index contributed by atoms with van der Waals surface area (Å²) in [5.41, 5.74) is 1.06. The molecule has 1 rings (SSSR count). The number of rotatable bonds is 8. The molecule has 0 unspecified atom stereocenters. The highest BCUT2D eigenvalue weighted by molar-refractivity contribution is 6.00. The van der Waals surface area contributed by atoms with Crippen LogP contribution in [0.1, 0.15) is 66.2 Å². The molecule has 0 saturated heterocycles. The fraction of sp³-hybridized carbons (Fsp3) is 0.778. The van der Waals surface area contributed by atoms with Crippen LogP contribution in [-0.2, 0) is 19.1 Å². The molecule has 0 amide bonds. The molecular formula is C18H30O4. The molecule has 0 aromatic carbocycles. The Morgan fingerprint density at radius 1 is 0.818 bits per heavy atom. The molecule has 0 heterocycles. The van der Waals surface area contributed by atoms with Crippen LogP contribution in [-0.4, -0.2) is 25.2 Å². The molecule has 0 aromatic heterocycles. The smallest absolute Gasteiger partial charge is 0.334 e. The van der Waals surface area contributed by atoms with Gasteiger partial charge in [0.25, 0.3) is 0 Å². The number of ether oxygens (including phenoxy) is 2. The first-order chi connectivity index (χ1) is 10.4. The van der Waals surface area contributed by atoms with E-state index in [2.05, 4.69) is 27.7 Å². The molecule has 0 aromatic rings. The molecular weight excluding hydrogens is 280 g/mol. The summed E-state index contributed by atoms with van der Waals surface area (Å²) in [6.07, 6.45) is 4.78. The van der Waals surface area contributed by atoms with Crippen LogP contribution in [0.15, 0.2) is 11.1 Å². The number of esters is 2. The number of hydrogen-bond donors (Lipinski definition) is 0. The molecule has 0 saturated carbocycles. The Hall–Kier alpha value is -1.32. The Labute approximate surface area is 134 Å². The van der Waals surface area contributed by atoms with Crippen molar-refractivity contribution in [3.63, 3.8) is 0 Å². The highest BCUT2D eigenvalue weighted by Crippen LogP contribution is 2.27. The van der Waals surface area contributed by atoms with Crippen LogP contribution < -0.4 is 0 Å². The van der Waals surface area contributed by atoms with Crippen molar-refractivity contribution in [1.82, 2.24) is 0 Å². The van der Waals surface area contributed by atoms with Gasteiger partial charge in [-0.3, -0.25) is 0 Å². The van der Waals surface area contributed by atoms with Gasteiger partial charge in [0.05, 0.1) is 13.2 Å². The maximum Gasteiger partial charge on any atom is 0.334 e. The molecule has 0 fully saturated rings. The first-order valence-corrected chi connectivity index (χ1v) is 8.48. The van der Waals surface area contributed by atoms with Gasteiger partial charge >= 0.3 is 11.9 Å². The van der Waals surface area contributed by atoms with E-state index in [4.69, 9.17) is 9.47 Å². The Balaban J connectivity index is 2.62. The van der Waals surface area contributed by atoms with Crippen LogP contribution in [0.4, 0.5) is 0 Å². The van der Waals surface area contributed by atoms with E-state index in [1.165, 1.54) is 0 Å². The minimum atomic E-state index is -0.337. The first kappa shape index (κ1) is 18.7. The maximum absolute atomic E-state index is 12.2. The van der Waals surface area contributed by atoms with Crippen molar-refractivity contribution in [3.05, 3.63) is 11.1 Å². The summed E-state index contributed by atoms with van der Waals surface area (Å²) in [4.78, 5) is 24.4. The summed E-state index contributed by atoms with van der Waals surface area (Å²) in [5, 5.41) is 0. The highest BCUT2D eigenvalue weighted by atomic mass is 16.5. The van der Waals surface area contributed by atoms with Crippen molar-refractivity contribution in [3.8, 4) is 0 Å². The third-order valence-corrected chi connectivity index (χ3v) is 3.82. The van der Waals surface area contributed by atoms with E-state index in [9.17, 15) is 9.59 Å². The maximum atomic E-state index is 12.2. The minimum absolute atomic E-state index is 0.337. The topological polar surface area (TPSA) is 52.6 Å². The van der Waals surface area contributed by atoms with Gasteiger partial charge in [0.15, 0.2) is 0 Å². The molecule has 0 radical (unpaired) electrons.